The summed E-state index contributed by atoms with van der Waals surface area (Å²) in [5.41, 5.74) is 0.494. The number of rotatable bonds is 7. The van der Waals surface area contributed by atoms with Crippen molar-refractivity contribution in [3.8, 4) is 5.75 Å². The highest BCUT2D eigenvalue weighted by Crippen LogP contribution is 2.32. The fraction of sp³-hybridized carbons (Fsp3) is 0.0476. The van der Waals surface area contributed by atoms with E-state index in [4.69, 9.17) is 27.9 Å². The molecule has 4 rings (SSSR count). The Morgan fingerprint density at radius 2 is 1.68 bits per heavy atom. The van der Waals surface area contributed by atoms with Crippen LogP contribution < -0.4 is 19.7 Å². The van der Waals surface area contributed by atoms with Gasteiger partial charge in [-0.15, -0.1) is 10.2 Å². The molecule has 2 aromatic carbocycles. The number of carbonyl (C=O) groups is 2. The van der Waals surface area contributed by atoms with Crippen LogP contribution in [0.5, 0.6) is 5.75 Å². The topological polar surface area (TPSA) is 131 Å². The maximum Gasteiger partial charge on any atom is 0.283 e. The second-order valence-electron chi connectivity index (χ2n) is 6.83. The Bertz CT molecular complexity index is 1410. The maximum atomic E-state index is 12.9. The zero-order valence-corrected chi connectivity index (χ0v) is 19.6. The van der Waals surface area contributed by atoms with E-state index in [0.717, 1.165) is 4.90 Å². The first kappa shape index (κ1) is 23.5. The number of nitrogens with one attached hydrogen (secondary N) is 2. The van der Waals surface area contributed by atoms with Crippen LogP contribution in [0.4, 0.5) is 17.2 Å². The van der Waals surface area contributed by atoms with Gasteiger partial charge in [-0.2, -0.15) is 0 Å². The number of benzene rings is 2. The van der Waals surface area contributed by atoms with Gasteiger partial charge in [0.2, 0.25) is 0 Å². The molecular formula is C21H15Cl2N5O5S. The molecule has 1 aliphatic heterocycles. The normalized spacial score (nSPS) is 13.9. The number of sulfonamides is 1. The molecule has 2 N–H and O–H groups in total. The number of carbonyl (C=O) groups excluding carboxylic acids is 2. The van der Waals surface area contributed by atoms with Gasteiger partial charge in [-0.1, -0.05) is 29.3 Å². The molecule has 0 bridgehead atoms. The van der Waals surface area contributed by atoms with Crippen LogP contribution in [-0.4, -0.2) is 37.5 Å². The molecule has 0 radical (unpaired) electrons. The summed E-state index contributed by atoms with van der Waals surface area (Å²) >= 11 is 11.8. The summed E-state index contributed by atoms with van der Waals surface area (Å²) in [5.74, 6) is -0.903. The lowest BCUT2D eigenvalue weighted by molar-refractivity contribution is -0.120. The van der Waals surface area contributed by atoms with Crippen molar-refractivity contribution in [3.05, 3.63) is 76.5 Å². The number of methoxy groups -OCH3 is 1. The number of anilines is 3. The smallest absolute Gasteiger partial charge is 0.283 e. The van der Waals surface area contributed by atoms with Crippen LogP contribution in [0, 0.1) is 0 Å². The molecular weight excluding hydrogens is 505 g/mol. The Labute approximate surface area is 204 Å². The Balaban J connectivity index is 1.52. The maximum absolute atomic E-state index is 12.9. The Kier molecular flexibility index (Phi) is 6.42. The number of amides is 2. The Morgan fingerprint density at radius 3 is 2.32 bits per heavy atom. The van der Waals surface area contributed by atoms with E-state index in [9.17, 15) is 18.0 Å². The van der Waals surface area contributed by atoms with Crippen LogP contribution in [-0.2, 0) is 19.6 Å². The van der Waals surface area contributed by atoms with E-state index < -0.39 is 21.8 Å². The summed E-state index contributed by atoms with van der Waals surface area (Å²) in [6.45, 7) is 0. The third-order valence-electron chi connectivity index (χ3n) is 4.64. The lowest BCUT2D eigenvalue weighted by atomic mass is 10.2. The van der Waals surface area contributed by atoms with Gasteiger partial charge in [-0.05, 0) is 48.5 Å². The molecule has 0 saturated heterocycles. The van der Waals surface area contributed by atoms with E-state index in [2.05, 4.69) is 20.2 Å². The Morgan fingerprint density at radius 1 is 0.941 bits per heavy atom. The summed E-state index contributed by atoms with van der Waals surface area (Å²) in [7, 11) is -2.49. The van der Waals surface area contributed by atoms with Crippen molar-refractivity contribution in [2.45, 2.75) is 4.90 Å². The molecule has 2 heterocycles. The highest BCUT2D eigenvalue weighted by molar-refractivity contribution is 7.92. The lowest BCUT2D eigenvalue weighted by Crippen LogP contribution is -2.32. The van der Waals surface area contributed by atoms with Crippen molar-refractivity contribution in [2.24, 2.45) is 0 Å². The summed E-state index contributed by atoms with van der Waals surface area (Å²) in [4.78, 5) is 26.4. The van der Waals surface area contributed by atoms with Gasteiger partial charge < -0.3 is 10.1 Å². The number of halogens is 2. The molecule has 1 aromatic heterocycles. The zero-order valence-electron chi connectivity index (χ0n) is 17.3. The van der Waals surface area contributed by atoms with E-state index in [1.165, 1.54) is 49.6 Å². The molecule has 34 heavy (non-hydrogen) atoms. The first-order valence-electron chi connectivity index (χ1n) is 9.51. The van der Waals surface area contributed by atoms with Crippen LogP contribution in [0.3, 0.4) is 0 Å². The fourth-order valence-electron chi connectivity index (χ4n) is 3.02. The van der Waals surface area contributed by atoms with E-state index in [1.807, 2.05) is 0 Å². The number of nitrogens with zero attached hydrogens (tertiary/aromatic N) is 3. The first-order chi connectivity index (χ1) is 16.2. The monoisotopic (exact) mass is 519 g/mol. The molecule has 0 saturated carbocycles. The van der Waals surface area contributed by atoms with E-state index >= 15 is 0 Å². The van der Waals surface area contributed by atoms with E-state index in [0.29, 0.717) is 17.1 Å². The quantitative estimate of drug-likeness (QED) is 0.454. The number of imide groups is 1. The predicted octanol–water partition coefficient (Wildman–Crippen LogP) is 3.38. The molecule has 0 fully saturated rings. The average Bonchev–Trinajstić information content (AvgIpc) is 3.04. The van der Waals surface area contributed by atoms with Gasteiger partial charge in [0.15, 0.2) is 11.0 Å². The van der Waals surface area contributed by atoms with Crippen LogP contribution >= 0.6 is 23.2 Å². The number of hydrogen-bond acceptors (Lipinski definition) is 8. The van der Waals surface area contributed by atoms with Gasteiger partial charge in [0, 0.05) is 11.8 Å². The third-order valence-corrected chi connectivity index (χ3v) is 6.57. The lowest BCUT2D eigenvalue weighted by Gasteiger charge is -2.16. The van der Waals surface area contributed by atoms with Gasteiger partial charge >= 0.3 is 0 Å². The molecule has 13 heteroatoms. The van der Waals surface area contributed by atoms with Gasteiger partial charge in [0.1, 0.15) is 16.5 Å². The zero-order chi connectivity index (χ0) is 24.5. The molecule has 10 nitrogen and oxygen atoms in total. The first-order valence-corrected chi connectivity index (χ1v) is 11.8. The molecule has 3 aromatic rings. The van der Waals surface area contributed by atoms with Gasteiger partial charge in [-0.3, -0.25) is 14.3 Å². The van der Waals surface area contributed by atoms with Crippen LogP contribution in [0.2, 0.25) is 5.15 Å². The summed E-state index contributed by atoms with van der Waals surface area (Å²) in [6, 6.07) is 14.6. The summed E-state index contributed by atoms with van der Waals surface area (Å²) < 4.78 is 32.5. The minimum Gasteiger partial charge on any atom is -0.497 e. The molecule has 2 amide bonds. The van der Waals surface area contributed by atoms with Gasteiger partial charge in [0.05, 0.1) is 17.7 Å². The van der Waals surface area contributed by atoms with Gasteiger partial charge in [-0.25, -0.2) is 13.3 Å². The number of ether oxygens (including phenoxy) is 1. The van der Waals surface area contributed by atoms with Crippen LogP contribution in [0.25, 0.3) is 0 Å². The third kappa shape index (κ3) is 4.67. The molecule has 0 unspecified atom stereocenters. The summed E-state index contributed by atoms with van der Waals surface area (Å²) in [5, 5.41) is 9.84. The molecule has 1 aliphatic rings. The minimum atomic E-state index is -3.95. The predicted molar refractivity (Wildman–Crippen MR) is 126 cm³/mol. The molecule has 0 spiro atoms. The molecule has 0 aliphatic carbocycles. The number of aromatic nitrogens is 2. The van der Waals surface area contributed by atoms with Crippen molar-refractivity contribution in [2.75, 3.05) is 22.0 Å². The van der Waals surface area contributed by atoms with Crippen molar-refractivity contribution in [3.63, 3.8) is 0 Å². The highest BCUT2D eigenvalue weighted by Gasteiger charge is 2.39. The van der Waals surface area contributed by atoms with Crippen LogP contribution in [0.1, 0.15) is 0 Å². The number of hydrogen-bond donors (Lipinski definition) is 2. The van der Waals surface area contributed by atoms with Crippen molar-refractivity contribution in [1.82, 2.24) is 10.2 Å². The van der Waals surface area contributed by atoms with Crippen molar-refractivity contribution in [1.29, 1.82) is 0 Å². The molecule has 0 atom stereocenters. The minimum absolute atomic E-state index is 0.00348. The fourth-order valence-corrected chi connectivity index (χ4v) is 4.33. The SMILES string of the molecule is COc1cccc(N2C(=O)C(Cl)=C(Nc3ccc(S(=O)(=O)Nc4ccc(Cl)nn4)cc3)C2=O)c1. The second-order valence-corrected chi connectivity index (χ2v) is 9.28. The highest BCUT2D eigenvalue weighted by atomic mass is 35.5. The van der Waals surface area contributed by atoms with Gasteiger partial charge in [0.25, 0.3) is 21.8 Å². The van der Waals surface area contributed by atoms with E-state index in [1.54, 1.807) is 18.2 Å². The van der Waals surface area contributed by atoms with Crippen LogP contribution in [0.15, 0.2) is 76.3 Å². The van der Waals surface area contributed by atoms with Crippen molar-refractivity contribution >= 4 is 62.2 Å². The molecule has 174 valence electrons. The largest absolute Gasteiger partial charge is 0.497 e. The standard InChI is InChI=1S/C21H15Cl2N5O5S/c1-33-14-4-2-3-13(11-14)28-20(29)18(23)19(21(28)30)24-12-5-7-15(8-6-12)34(31,32)27-17-10-9-16(22)25-26-17/h2-11,24H,1H3,(H,26,27). The second kappa shape index (κ2) is 9.29. The Hall–Kier alpha value is -3.67. The van der Waals surface area contributed by atoms with E-state index in [-0.39, 0.29) is 26.6 Å². The summed E-state index contributed by atoms with van der Waals surface area (Å²) in [6.07, 6.45) is 0. The van der Waals surface area contributed by atoms with Crippen molar-refractivity contribution < 1.29 is 22.7 Å². The average molecular weight is 520 g/mol.